The van der Waals surface area contributed by atoms with Crippen molar-refractivity contribution >= 4 is 23.2 Å². The molecule has 11 heteroatoms. The summed E-state index contributed by atoms with van der Waals surface area (Å²) in [4.78, 5) is 54.0. The summed E-state index contributed by atoms with van der Waals surface area (Å²) in [6.45, 7) is 3.99. The Labute approximate surface area is 246 Å². The van der Waals surface area contributed by atoms with Crippen LogP contribution in [0.5, 0.6) is 5.88 Å². The molecule has 0 aliphatic carbocycles. The van der Waals surface area contributed by atoms with Crippen LogP contribution in [0.3, 0.4) is 0 Å². The predicted octanol–water partition coefficient (Wildman–Crippen LogP) is 4.48. The van der Waals surface area contributed by atoms with Crippen molar-refractivity contribution in [2.24, 2.45) is 16.1 Å². The van der Waals surface area contributed by atoms with Crippen molar-refractivity contribution in [3.63, 3.8) is 0 Å². The van der Waals surface area contributed by atoms with Gasteiger partial charge in [-0.05, 0) is 29.2 Å². The molecule has 0 saturated carbocycles. The van der Waals surface area contributed by atoms with Crippen LogP contribution in [0.4, 0.5) is 11.4 Å². The number of benzene rings is 3. The van der Waals surface area contributed by atoms with Crippen molar-refractivity contribution in [2.45, 2.75) is 26.9 Å². The van der Waals surface area contributed by atoms with Crippen molar-refractivity contribution < 1.29 is 31.8 Å². The first-order valence-corrected chi connectivity index (χ1v) is 12.8. The summed E-state index contributed by atoms with van der Waals surface area (Å²) in [6, 6.07) is 22.6. The minimum absolute atomic E-state index is 0. The molecule has 0 saturated heterocycles. The van der Waals surface area contributed by atoms with Crippen molar-refractivity contribution in [1.29, 1.82) is 0 Å². The quantitative estimate of drug-likeness (QED) is 0.181. The van der Waals surface area contributed by atoms with E-state index in [9.17, 15) is 24.3 Å². The van der Waals surface area contributed by atoms with Crippen molar-refractivity contribution in [2.75, 3.05) is 6.54 Å². The average molecular weight is 601 g/mol. The molecular formula is C30H27CuN5O5+2. The zero-order chi connectivity index (χ0) is 28.4. The maximum atomic E-state index is 13.5. The second-order valence-electron chi connectivity index (χ2n) is 9.92. The van der Waals surface area contributed by atoms with Gasteiger partial charge < -0.3 is 5.11 Å². The number of nitrogens with zero attached hydrogens (tertiary/aromatic N) is 5. The second-order valence-corrected chi connectivity index (χ2v) is 9.92. The van der Waals surface area contributed by atoms with E-state index < -0.39 is 34.6 Å². The molecule has 0 fully saturated rings. The number of imide groups is 1. The molecule has 10 nitrogen and oxygen atoms in total. The Morgan fingerprint density at radius 2 is 1.32 bits per heavy atom. The van der Waals surface area contributed by atoms with Gasteiger partial charge in [-0.25, -0.2) is 4.79 Å². The SMILES string of the molecule is CC(C)CN1C(=O)c2cccc(N=Nc3c(O)n(Cc4ccccc4)c(=O)n(Cc4ccccc4)c3=O)c2C1=O.[Cu+2]. The summed E-state index contributed by atoms with van der Waals surface area (Å²) >= 11 is 0. The number of hydrogen-bond acceptors (Lipinski definition) is 7. The first kappa shape index (κ1) is 29.4. The van der Waals surface area contributed by atoms with Gasteiger partial charge in [0.1, 0.15) is 0 Å². The van der Waals surface area contributed by atoms with Gasteiger partial charge in [-0.2, -0.15) is 0 Å². The van der Waals surface area contributed by atoms with Crippen LogP contribution < -0.4 is 11.2 Å². The van der Waals surface area contributed by atoms with Gasteiger partial charge in [0.2, 0.25) is 11.6 Å². The Kier molecular flexibility index (Phi) is 8.80. The van der Waals surface area contributed by atoms with Gasteiger partial charge in [0.25, 0.3) is 17.4 Å². The van der Waals surface area contributed by atoms with E-state index in [-0.39, 0.29) is 59.4 Å². The smallest absolute Gasteiger partial charge is 0.493 e. The normalized spacial score (nSPS) is 12.7. The van der Waals surface area contributed by atoms with Gasteiger partial charge in [0.05, 0.1) is 29.9 Å². The summed E-state index contributed by atoms with van der Waals surface area (Å²) in [7, 11) is 0. The number of amides is 2. The number of carbonyl (C=O) groups excluding carboxylic acids is 2. The van der Waals surface area contributed by atoms with Crippen molar-refractivity contribution in [3.8, 4) is 5.88 Å². The zero-order valence-corrected chi connectivity index (χ0v) is 23.3. The molecule has 2 amide bonds. The molecule has 5 rings (SSSR count). The maximum absolute atomic E-state index is 13.5. The number of rotatable bonds is 8. The molecule has 1 aliphatic rings. The third-order valence-electron chi connectivity index (χ3n) is 6.53. The van der Waals surface area contributed by atoms with Crippen LogP contribution in [-0.2, 0) is 30.2 Å². The Hall–Kier alpha value is -4.60. The number of hydrogen-bond donors (Lipinski definition) is 1. The summed E-state index contributed by atoms with van der Waals surface area (Å²) in [5.74, 6) is -1.50. The topological polar surface area (TPSA) is 126 Å². The molecule has 41 heavy (non-hydrogen) atoms. The van der Waals surface area contributed by atoms with E-state index in [1.54, 1.807) is 60.7 Å². The number of aromatic hydroxyl groups is 1. The van der Waals surface area contributed by atoms with Crippen LogP contribution in [0.1, 0.15) is 45.7 Å². The minimum Gasteiger partial charge on any atom is -0.493 e. The largest absolute Gasteiger partial charge is 2.00 e. The third kappa shape index (κ3) is 5.82. The molecule has 211 valence electrons. The van der Waals surface area contributed by atoms with Gasteiger partial charge in [0.15, 0.2) is 0 Å². The molecule has 1 radical (unpaired) electrons. The van der Waals surface area contributed by atoms with Crippen LogP contribution >= 0.6 is 0 Å². The van der Waals surface area contributed by atoms with Gasteiger partial charge in [0, 0.05) is 6.54 Å². The second kappa shape index (κ2) is 12.3. The van der Waals surface area contributed by atoms with Gasteiger partial charge >= 0.3 is 22.8 Å². The Balaban J connectivity index is 0.00000387. The van der Waals surface area contributed by atoms with E-state index in [0.717, 1.165) is 14.7 Å². The molecule has 1 aliphatic heterocycles. The maximum Gasteiger partial charge on any atom is 2.00 e. The van der Waals surface area contributed by atoms with E-state index in [0.29, 0.717) is 5.56 Å². The summed E-state index contributed by atoms with van der Waals surface area (Å²) in [6.07, 6.45) is 0. The Morgan fingerprint density at radius 3 is 1.90 bits per heavy atom. The number of aromatic nitrogens is 2. The molecule has 1 N–H and O–H groups in total. The Morgan fingerprint density at radius 1 is 0.732 bits per heavy atom. The number of azo groups is 1. The van der Waals surface area contributed by atoms with Crippen molar-refractivity contribution in [1.82, 2.24) is 14.0 Å². The number of carbonyl (C=O) groups is 2. The van der Waals surface area contributed by atoms with Crippen molar-refractivity contribution in [3.05, 3.63) is 122 Å². The Bertz CT molecular complexity index is 1750. The van der Waals surface area contributed by atoms with E-state index in [2.05, 4.69) is 10.2 Å². The van der Waals surface area contributed by atoms with Crippen LogP contribution in [0.2, 0.25) is 0 Å². The fraction of sp³-hybridized carbons (Fsp3) is 0.200. The van der Waals surface area contributed by atoms with E-state index in [4.69, 9.17) is 0 Å². The predicted molar refractivity (Wildman–Crippen MR) is 149 cm³/mol. The zero-order valence-electron chi connectivity index (χ0n) is 22.3. The van der Waals surface area contributed by atoms with E-state index in [1.165, 1.54) is 11.0 Å². The summed E-state index contributed by atoms with van der Waals surface area (Å²) in [5, 5.41) is 19.3. The standard InChI is InChI=1S/C30H27N5O5.Cu/c1-19(2)16-33-26(36)22-14-9-15-23(24(22)27(33)37)31-32-25-28(38)34(17-20-10-5-3-6-11-20)30(40)35(29(25)39)18-21-12-7-4-8-13-21;/h3-15,19,38H,16-18H2,1-2H3;/q;+2. The van der Waals surface area contributed by atoms with Gasteiger partial charge in [-0.1, -0.05) is 80.6 Å². The van der Waals surface area contributed by atoms with Crippen LogP contribution in [0, 0.1) is 5.92 Å². The molecule has 4 aromatic rings. The van der Waals surface area contributed by atoms with Gasteiger partial charge in [-0.15, -0.1) is 10.2 Å². The minimum atomic E-state index is -0.837. The van der Waals surface area contributed by atoms with Crippen LogP contribution in [0.15, 0.2) is 98.7 Å². The first-order chi connectivity index (χ1) is 19.3. The van der Waals surface area contributed by atoms with E-state index in [1.807, 2.05) is 26.0 Å². The third-order valence-corrected chi connectivity index (χ3v) is 6.53. The summed E-state index contributed by atoms with van der Waals surface area (Å²) in [5.41, 5.74) is -0.216. The van der Waals surface area contributed by atoms with Crippen LogP contribution in [-0.4, -0.2) is 37.5 Å². The monoisotopic (exact) mass is 600 g/mol. The average Bonchev–Trinajstić information content (AvgIpc) is 3.19. The van der Waals surface area contributed by atoms with Crippen LogP contribution in [0.25, 0.3) is 0 Å². The van der Waals surface area contributed by atoms with E-state index >= 15 is 0 Å². The summed E-state index contributed by atoms with van der Waals surface area (Å²) < 4.78 is 2.04. The molecule has 0 atom stereocenters. The molecule has 0 bridgehead atoms. The fourth-order valence-electron chi connectivity index (χ4n) is 4.61. The molecule has 0 unspecified atom stereocenters. The number of fused-ring (bicyclic) bond motifs is 1. The molecular weight excluding hydrogens is 574 g/mol. The van der Waals surface area contributed by atoms with Gasteiger partial charge in [-0.3, -0.25) is 28.4 Å². The first-order valence-electron chi connectivity index (χ1n) is 12.8. The molecule has 0 spiro atoms. The molecule has 1 aromatic heterocycles. The molecule has 2 heterocycles. The molecule has 3 aromatic carbocycles. The fourth-order valence-corrected chi connectivity index (χ4v) is 4.61.